The molecule has 0 heterocycles. The van der Waals surface area contributed by atoms with Gasteiger partial charge in [0.15, 0.2) is 0 Å². The lowest BCUT2D eigenvalue weighted by molar-refractivity contribution is -0.170. The molecular weight excluding hydrogens is 242 g/mol. The van der Waals surface area contributed by atoms with Gasteiger partial charge in [0.05, 0.1) is 13.2 Å². The Hall–Kier alpha value is -1.55. The van der Waals surface area contributed by atoms with E-state index in [2.05, 4.69) is 6.07 Å². The number of hydrogen-bond donors (Lipinski definition) is 0. The van der Waals surface area contributed by atoms with Crippen molar-refractivity contribution >= 4 is 5.91 Å². The van der Waals surface area contributed by atoms with Gasteiger partial charge in [-0.25, -0.2) is 5.06 Å². The van der Waals surface area contributed by atoms with E-state index >= 15 is 0 Å². The van der Waals surface area contributed by atoms with Crippen LogP contribution in [-0.2, 0) is 9.63 Å². The summed E-state index contributed by atoms with van der Waals surface area (Å²) in [6.07, 6.45) is 1.05. The van der Waals surface area contributed by atoms with Crippen molar-refractivity contribution in [2.45, 2.75) is 32.3 Å². The second-order valence-corrected chi connectivity index (χ2v) is 5.21. The van der Waals surface area contributed by atoms with Crippen LogP contribution in [0.4, 0.5) is 0 Å². The zero-order chi connectivity index (χ0) is 14.0. The molecule has 4 heteroatoms. The van der Waals surface area contributed by atoms with Crippen LogP contribution in [0.5, 0.6) is 5.75 Å². The van der Waals surface area contributed by atoms with E-state index in [0.717, 1.165) is 12.2 Å². The number of ether oxygens (including phenoxy) is 1. The van der Waals surface area contributed by atoms with Crippen LogP contribution in [0, 0.1) is 5.92 Å². The van der Waals surface area contributed by atoms with Gasteiger partial charge in [0.2, 0.25) is 5.91 Å². The topological polar surface area (TPSA) is 38.8 Å². The molecule has 0 aliphatic heterocycles. The number of amides is 1. The summed E-state index contributed by atoms with van der Waals surface area (Å²) >= 11 is 0. The summed E-state index contributed by atoms with van der Waals surface area (Å²) in [6.45, 7) is 4.01. The fourth-order valence-corrected chi connectivity index (χ4v) is 2.25. The van der Waals surface area contributed by atoms with E-state index in [-0.39, 0.29) is 17.9 Å². The van der Waals surface area contributed by atoms with Crippen molar-refractivity contribution in [3.05, 3.63) is 29.8 Å². The Morgan fingerprint density at radius 1 is 1.42 bits per heavy atom. The Labute approximate surface area is 114 Å². The van der Waals surface area contributed by atoms with E-state index in [9.17, 15) is 4.79 Å². The number of nitrogens with zero attached hydrogens (tertiary/aromatic N) is 1. The van der Waals surface area contributed by atoms with Crippen molar-refractivity contribution in [1.82, 2.24) is 5.06 Å². The highest BCUT2D eigenvalue weighted by Gasteiger charge is 2.45. The number of carbonyl (C=O) groups excluding carboxylic acids is 1. The number of hydroxylamine groups is 2. The Bertz CT molecular complexity index is 458. The first-order valence-corrected chi connectivity index (χ1v) is 6.61. The van der Waals surface area contributed by atoms with Gasteiger partial charge < -0.3 is 4.74 Å². The van der Waals surface area contributed by atoms with Crippen molar-refractivity contribution in [3.63, 3.8) is 0 Å². The second kappa shape index (κ2) is 5.61. The van der Waals surface area contributed by atoms with E-state index in [1.807, 2.05) is 32.0 Å². The van der Waals surface area contributed by atoms with Gasteiger partial charge in [0, 0.05) is 13.0 Å². The van der Waals surface area contributed by atoms with Gasteiger partial charge in [-0.2, -0.15) is 0 Å². The smallest absolute Gasteiger partial charge is 0.249 e. The first-order valence-electron chi connectivity index (χ1n) is 6.61. The molecule has 0 bridgehead atoms. The molecule has 0 aromatic heterocycles. The lowest BCUT2D eigenvalue weighted by Gasteiger charge is -2.14. The summed E-state index contributed by atoms with van der Waals surface area (Å²) in [7, 11) is 3.16. The van der Waals surface area contributed by atoms with Crippen LogP contribution < -0.4 is 4.74 Å². The van der Waals surface area contributed by atoms with Gasteiger partial charge in [-0.05, 0) is 43.9 Å². The molecule has 0 saturated heterocycles. The number of rotatable bonds is 5. The standard InChI is InChI=1S/C15H21NO3/c1-10(2)19-12-7-5-6-11(8-12)13-9-14(13)15(17)16(3)18-4/h5-8,10,13-14H,9H2,1-4H3. The van der Waals surface area contributed by atoms with E-state index in [4.69, 9.17) is 9.57 Å². The molecule has 2 rings (SSSR count). The molecule has 1 aliphatic carbocycles. The van der Waals surface area contributed by atoms with Gasteiger partial charge in [-0.1, -0.05) is 12.1 Å². The van der Waals surface area contributed by atoms with Crippen molar-refractivity contribution in [3.8, 4) is 5.75 Å². The van der Waals surface area contributed by atoms with Crippen molar-refractivity contribution < 1.29 is 14.4 Å². The van der Waals surface area contributed by atoms with Crippen LogP contribution >= 0.6 is 0 Å². The predicted molar refractivity (Wildman–Crippen MR) is 72.8 cm³/mol. The number of benzene rings is 1. The summed E-state index contributed by atoms with van der Waals surface area (Å²) in [5.41, 5.74) is 1.17. The van der Waals surface area contributed by atoms with Crippen molar-refractivity contribution in [1.29, 1.82) is 0 Å². The Balaban J connectivity index is 2.03. The van der Waals surface area contributed by atoms with Crippen molar-refractivity contribution in [2.75, 3.05) is 14.2 Å². The Kier molecular flexibility index (Phi) is 4.10. The summed E-state index contributed by atoms with van der Waals surface area (Å²) in [5.74, 6) is 1.24. The minimum Gasteiger partial charge on any atom is -0.491 e. The van der Waals surface area contributed by atoms with Gasteiger partial charge in [0.25, 0.3) is 0 Å². The van der Waals surface area contributed by atoms with Crippen LogP contribution in [0.2, 0.25) is 0 Å². The normalized spacial score (nSPS) is 21.3. The molecule has 1 aromatic carbocycles. The van der Waals surface area contributed by atoms with E-state index in [1.54, 1.807) is 7.05 Å². The molecular formula is C15H21NO3. The SMILES string of the molecule is CON(C)C(=O)C1CC1c1cccc(OC(C)C)c1. The van der Waals surface area contributed by atoms with Crippen LogP contribution in [0.3, 0.4) is 0 Å². The minimum atomic E-state index is 0.0410. The molecule has 1 aliphatic rings. The monoisotopic (exact) mass is 263 g/mol. The molecule has 2 unspecified atom stereocenters. The quantitative estimate of drug-likeness (QED) is 0.766. The lowest BCUT2D eigenvalue weighted by Crippen LogP contribution is -2.27. The van der Waals surface area contributed by atoms with E-state index in [1.165, 1.54) is 17.7 Å². The highest BCUT2D eigenvalue weighted by molar-refractivity contribution is 5.81. The van der Waals surface area contributed by atoms with E-state index in [0.29, 0.717) is 5.92 Å². The van der Waals surface area contributed by atoms with Crippen LogP contribution in [0.25, 0.3) is 0 Å². The third-order valence-electron chi connectivity index (χ3n) is 3.35. The van der Waals surface area contributed by atoms with Crippen molar-refractivity contribution in [2.24, 2.45) is 5.92 Å². The zero-order valence-corrected chi connectivity index (χ0v) is 11.9. The maximum atomic E-state index is 12.0. The molecule has 0 spiro atoms. The Morgan fingerprint density at radius 2 is 2.16 bits per heavy atom. The first kappa shape index (κ1) is 13.9. The van der Waals surface area contributed by atoms with Gasteiger partial charge in [0.1, 0.15) is 5.75 Å². The van der Waals surface area contributed by atoms with Gasteiger partial charge >= 0.3 is 0 Å². The van der Waals surface area contributed by atoms with Gasteiger partial charge in [-0.15, -0.1) is 0 Å². The fourth-order valence-electron chi connectivity index (χ4n) is 2.25. The van der Waals surface area contributed by atoms with Crippen LogP contribution in [-0.4, -0.2) is 31.2 Å². The highest BCUT2D eigenvalue weighted by Crippen LogP contribution is 2.48. The maximum Gasteiger partial charge on any atom is 0.249 e. The summed E-state index contributed by atoms with van der Waals surface area (Å²) in [5, 5.41) is 1.30. The Morgan fingerprint density at radius 3 is 2.79 bits per heavy atom. The molecule has 1 saturated carbocycles. The number of hydrogen-bond acceptors (Lipinski definition) is 3. The lowest BCUT2D eigenvalue weighted by atomic mass is 10.1. The highest BCUT2D eigenvalue weighted by atomic mass is 16.7. The fraction of sp³-hybridized carbons (Fsp3) is 0.533. The first-order chi connectivity index (χ1) is 9.02. The molecule has 2 atom stereocenters. The zero-order valence-electron chi connectivity index (χ0n) is 11.9. The predicted octanol–water partition coefficient (Wildman–Crippen LogP) is 2.60. The van der Waals surface area contributed by atoms with Crippen LogP contribution in [0.1, 0.15) is 31.7 Å². The maximum absolute atomic E-state index is 12.0. The van der Waals surface area contributed by atoms with Gasteiger partial charge in [-0.3, -0.25) is 9.63 Å². The molecule has 104 valence electrons. The molecule has 1 amide bonds. The summed E-state index contributed by atoms with van der Waals surface area (Å²) in [4.78, 5) is 16.9. The molecule has 1 aromatic rings. The summed E-state index contributed by atoms with van der Waals surface area (Å²) in [6, 6.07) is 8.01. The number of carbonyl (C=O) groups is 1. The second-order valence-electron chi connectivity index (χ2n) is 5.21. The minimum absolute atomic E-state index is 0.0410. The molecule has 0 N–H and O–H groups in total. The van der Waals surface area contributed by atoms with Crippen LogP contribution in [0.15, 0.2) is 24.3 Å². The molecule has 1 fully saturated rings. The average molecular weight is 263 g/mol. The molecule has 19 heavy (non-hydrogen) atoms. The average Bonchev–Trinajstić information content (AvgIpc) is 3.16. The third kappa shape index (κ3) is 3.26. The van der Waals surface area contributed by atoms with E-state index < -0.39 is 0 Å². The molecule has 4 nitrogen and oxygen atoms in total. The largest absolute Gasteiger partial charge is 0.491 e. The molecule has 0 radical (unpaired) electrons. The summed E-state index contributed by atoms with van der Waals surface area (Å²) < 4.78 is 5.68. The third-order valence-corrected chi connectivity index (χ3v) is 3.35.